The Balaban J connectivity index is 1.96. The van der Waals surface area contributed by atoms with Crippen LogP contribution >= 0.6 is 0 Å². The molecule has 17 heavy (non-hydrogen) atoms. The lowest BCUT2D eigenvalue weighted by molar-refractivity contribution is 0.0694. The largest absolute Gasteiger partial charge is 0.381 e. The molecule has 0 bridgehead atoms. The van der Waals surface area contributed by atoms with Gasteiger partial charge in [-0.3, -0.25) is 4.79 Å². The predicted molar refractivity (Wildman–Crippen MR) is 60.3 cm³/mol. The topological polar surface area (TPSA) is 75.0 Å². The third kappa shape index (κ3) is 3.02. The van der Waals surface area contributed by atoms with Crippen molar-refractivity contribution < 1.29 is 9.53 Å². The first-order valence-electron chi connectivity index (χ1n) is 5.54. The molecule has 0 atom stereocenters. The van der Waals surface area contributed by atoms with Gasteiger partial charge in [0.25, 0.3) is 5.91 Å². The lowest BCUT2D eigenvalue weighted by Crippen LogP contribution is -2.39. The van der Waals surface area contributed by atoms with Crippen molar-refractivity contribution in [2.75, 3.05) is 13.2 Å². The SMILES string of the molecule is N#Cc1ccc(C(=O)NC2CCOCC2)nc1. The minimum Gasteiger partial charge on any atom is -0.381 e. The number of nitriles is 1. The van der Waals surface area contributed by atoms with Crippen molar-refractivity contribution in [3.8, 4) is 6.07 Å². The summed E-state index contributed by atoms with van der Waals surface area (Å²) in [6, 6.07) is 5.28. The van der Waals surface area contributed by atoms with E-state index in [9.17, 15) is 4.79 Å². The molecule has 88 valence electrons. The molecule has 1 aromatic heterocycles. The quantitative estimate of drug-likeness (QED) is 0.819. The highest BCUT2D eigenvalue weighted by Crippen LogP contribution is 2.07. The van der Waals surface area contributed by atoms with Crippen LogP contribution in [0, 0.1) is 11.3 Å². The maximum Gasteiger partial charge on any atom is 0.270 e. The molecular formula is C12H13N3O2. The molecule has 0 radical (unpaired) electrons. The number of carbonyl (C=O) groups excluding carboxylic acids is 1. The van der Waals surface area contributed by atoms with Gasteiger partial charge in [0.2, 0.25) is 0 Å². The third-order valence-corrected chi connectivity index (χ3v) is 2.68. The summed E-state index contributed by atoms with van der Waals surface area (Å²) >= 11 is 0. The first kappa shape index (κ1) is 11.6. The maximum absolute atomic E-state index is 11.8. The summed E-state index contributed by atoms with van der Waals surface area (Å²) < 4.78 is 5.21. The predicted octanol–water partition coefficient (Wildman–Crippen LogP) is 0.862. The monoisotopic (exact) mass is 231 g/mol. The molecule has 2 rings (SSSR count). The van der Waals surface area contributed by atoms with Gasteiger partial charge in [0, 0.05) is 25.5 Å². The number of nitrogens with zero attached hydrogens (tertiary/aromatic N) is 2. The summed E-state index contributed by atoms with van der Waals surface area (Å²) in [7, 11) is 0. The van der Waals surface area contributed by atoms with Crippen LogP contribution in [0.25, 0.3) is 0 Å². The van der Waals surface area contributed by atoms with E-state index in [0.717, 1.165) is 12.8 Å². The Labute approximate surface area is 99.4 Å². The van der Waals surface area contributed by atoms with E-state index < -0.39 is 0 Å². The van der Waals surface area contributed by atoms with Crippen LogP contribution in [0.5, 0.6) is 0 Å². The average molecular weight is 231 g/mol. The molecule has 1 fully saturated rings. The number of ether oxygens (including phenoxy) is 1. The van der Waals surface area contributed by atoms with Crippen molar-refractivity contribution in [3.05, 3.63) is 29.6 Å². The first-order valence-corrected chi connectivity index (χ1v) is 5.54. The first-order chi connectivity index (χ1) is 8.29. The van der Waals surface area contributed by atoms with Gasteiger partial charge in [0.15, 0.2) is 0 Å². The molecule has 0 aliphatic carbocycles. The smallest absolute Gasteiger partial charge is 0.270 e. The second-order valence-electron chi connectivity index (χ2n) is 3.90. The van der Waals surface area contributed by atoms with Gasteiger partial charge in [-0.2, -0.15) is 5.26 Å². The van der Waals surface area contributed by atoms with Crippen molar-refractivity contribution in [1.82, 2.24) is 10.3 Å². The van der Waals surface area contributed by atoms with Crippen molar-refractivity contribution in [1.29, 1.82) is 5.26 Å². The number of hydrogen-bond acceptors (Lipinski definition) is 4. The Bertz CT molecular complexity index is 430. The van der Waals surface area contributed by atoms with Crippen molar-refractivity contribution in [2.45, 2.75) is 18.9 Å². The van der Waals surface area contributed by atoms with Crippen LogP contribution in [0.4, 0.5) is 0 Å². The molecule has 1 N–H and O–H groups in total. The molecule has 2 heterocycles. The number of rotatable bonds is 2. The van der Waals surface area contributed by atoms with E-state index in [-0.39, 0.29) is 11.9 Å². The Kier molecular flexibility index (Phi) is 3.68. The maximum atomic E-state index is 11.8. The molecule has 5 nitrogen and oxygen atoms in total. The van der Waals surface area contributed by atoms with Crippen molar-refractivity contribution >= 4 is 5.91 Å². The van der Waals surface area contributed by atoms with Crippen molar-refractivity contribution in [3.63, 3.8) is 0 Å². The second-order valence-corrected chi connectivity index (χ2v) is 3.90. The number of aromatic nitrogens is 1. The summed E-state index contributed by atoms with van der Waals surface area (Å²) in [5, 5.41) is 11.5. The second kappa shape index (κ2) is 5.41. The van der Waals surface area contributed by atoms with Gasteiger partial charge in [-0.15, -0.1) is 0 Å². The summed E-state index contributed by atoms with van der Waals surface area (Å²) in [6.45, 7) is 1.37. The Morgan fingerprint density at radius 1 is 1.47 bits per heavy atom. The average Bonchev–Trinajstić information content (AvgIpc) is 2.40. The van der Waals surface area contributed by atoms with E-state index in [1.165, 1.54) is 6.20 Å². The van der Waals surface area contributed by atoms with Crippen LogP contribution in [-0.4, -0.2) is 30.1 Å². The molecule has 0 unspecified atom stereocenters. The van der Waals surface area contributed by atoms with E-state index >= 15 is 0 Å². The van der Waals surface area contributed by atoms with Gasteiger partial charge in [-0.1, -0.05) is 0 Å². The van der Waals surface area contributed by atoms with Gasteiger partial charge in [-0.25, -0.2) is 4.98 Å². The highest BCUT2D eigenvalue weighted by Gasteiger charge is 2.17. The zero-order chi connectivity index (χ0) is 12.1. The molecule has 1 saturated heterocycles. The van der Waals surface area contributed by atoms with E-state index in [4.69, 9.17) is 10.00 Å². The summed E-state index contributed by atoms with van der Waals surface area (Å²) in [6.07, 6.45) is 3.07. The van der Waals surface area contributed by atoms with Crippen LogP contribution in [0.3, 0.4) is 0 Å². The van der Waals surface area contributed by atoms with Crippen LogP contribution < -0.4 is 5.32 Å². The minimum atomic E-state index is -0.193. The van der Waals surface area contributed by atoms with Crippen LogP contribution in [0.15, 0.2) is 18.3 Å². The number of carbonyl (C=O) groups is 1. The fraction of sp³-hybridized carbons (Fsp3) is 0.417. The van der Waals surface area contributed by atoms with Crippen LogP contribution in [-0.2, 0) is 4.74 Å². The number of nitrogens with one attached hydrogen (secondary N) is 1. The molecule has 1 aliphatic rings. The lowest BCUT2D eigenvalue weighted by atomic mass is 10.1. The van der Waals surface area contributed by atoms with Gasteiger partial charge in [0.1, 0.15) is 11.8 Å². The molecule has 1 amide bonds. The highest BCUT2D eigenvalue weighted by molar-refractivity contribution is 5.92. The van der Waals surface area contributed by atoms with Gasteiger partial charge >= 0.3 is 0 Å². The lowest BCUT2D eigenvalue weighted by Gasteiger charge is -2.22. The minimum absolute atomic E-state index is 0.161. The third-order valence-electron chi connectivity index (χ3n) is 2.68. The van der Waals surface area contributed by atoms with Crippen LogP contribution in [0.1, 0.15) is 28.9 Å². The normalized spacial score (nSPS) is 16.2. The van der Waals surface area contributed by atoms with Crippen molar-refractivity contribution in [2.24, 2.45) is 0 Å². The van der Waals surface area contributed by atoms with E-state index in [1.807, 2.05) is 6.07 Å². The summed E-state index contributed by atoms with van der Waals surface area (Å²) in [5.74, 6) is -0.193. The Hall–Kier alpha value is -1.93. The highest BCUT2D eigenvalue weighted by atomic mass is 16.5. The zero-order valence-corrected chi connectivity index (χ0v) is 9.35. The Morgan fingerprint density at radius 2 is 2.24 bits per heavy atom. The fourth-order valence-corrected chi connectivity index (χ4v) is 1.70. The molecule has 1 aliphatic heterocycles. The molecule has 0 aromatic carbocycles. The number of amides is 1. The van der Waals surface area contributed by atoms with Gasteiger partial charge < -0.3 is 10.1 Å². The zero-order valence-electron chi connectivity index (χ0n) is 9.35. The van der Waals surface area contributed by atoms with E-state index in [0.29, 0.717) is 24.5 Å². The molecule has 0 spiro atoms. The van der Waals surface area contributed by atoms with Gasteiger partial charge in [0.05, 0.1) is 5.56 Å². The number of pyridine rings is 1. The number of hydrogen-bond donors (Lipinski definition) is 1. The Morgan fingerprint density at radius 3 is 2.82 bits per heavy atom. The van der Waals surface area contributed by atoms with Crippen LogP contribution in [0.2, 0.25) is 0 Å². The summed E-state index contributed by atoms with van der Waals surface area (Å²) in [4.78, 5) is 15.8. The molecular weight excluding hydrogens is 218 g/mol. The molecule has 0 saturated carbocycles. The van der Waals surface area contributed by atoms with E-state index in [1.54, 1.807) is 12.1 Å². The van der Waals surface area contributed by atoms with Gasteiger partial charge in [-0.05, 0) is 25.0 Å². The summed E-state index contributed by atoms with van der Waals surface area (Å²) in [5.41, 5.74) is 0.795. The fourth-order valence-electron chi connectivity index (χ4n) is 1.70. The molecule has 5 heteroatoms. The van der Waals surface area contributed by atoms with E-state index in [2.05, 4.69) is 10.3 Å². The molecule has 1 aromatic rings. The standard InChI is InChI=1S/C12H13N3O2/c13-7-9-1-2-11(14-8-9)12(16)15-10-3-5-17-6-4-10/h1-2,8,10H,3-6H2,(H,15,16).